The molecule has 3 aromatic carbocycles. The van der Waals surface area contributed by atoms with Crippen LogP contribution in [0.4, 0.5) is 5.82 Å². The number of aromatic nitrogens is 3. The van der Waals surface area contributed by atoms with Crippen molar-refractivity contribution >= 4 is 38.9 Å². The summed E-state index contributed by atoms with van der Waals surface area (Å²) in [5.41, 5.74) is 15.5. The van der Waals surface area contributed by atoms with Gasteiger partial charge in [-0.25, -0.2) is 9.97 Å². The molecule has 4 aliphatic rings. The molecule has 3 aromatic heterocycles. The number of rotatable bonds is 4. The zero-order valence-corrected chi connectivity index (χ0v) is 27.8. The lowest BCUT2D eigenvalue weighted by Gasteiger charge is -2.32. The fourth-order valence-corrected chi connectivity index (χ4v) is 8.28. The molecule has 0 spiro atoms. The molecule has 1 unspecified atom stereocenters. The quantitative estimate of drug-likeness (QED) is 0.191. The topological polar surface area (TPSA) is 34.0 Å². The van der Waals surface area contributed by atoms with Crippen LogP contribution in [0.25, 0.3) is 50.0 Å². The predicted octanol–water partition coefficient (Wildman–Crippen LogP) is 11.5. The van der Waals surface area contributed by atoms with Gasteiger partial charge in [-0.3, -0.25) is 4.90 Å². The van der Waals surface area contributed by atoms with Crippen LogP contribution in [0.1, 0.15) is 54.8 Å². The zero-order chi connectivity index (χ0) is 33.0. The van der Waals surface area contributed by atoms with E-state index in [0.717, 1.165) is 60.2 Å². The van der Waals surface area contributed by atoms with Crippen molar-refractivity contribution < 1.29 is 0 Å². The number of hydrogen-bond acceptors (Lipinski definition) is 3. The number of fused-ring (bicyclic) bond motifs is 6. The molecular weight excluding hydrogens is 609 g/mol. The van der Waals surface area contributed by atoms with E-state index in [-0.39, 0.29) is 0 Å². The Labute approximate surface area is 292 Å². The highest BCUT2D eigenvalue weighted by Crippen LogP contribution is 2.49. The third-order valence-corrected chi connectivity index (χ3v) is 10.6. The van der Waals surface area contributed by atoms with E-state index in [1.807, 2.05) is 0 Å². The minimum atomic E-state index is 0.442. The second-order valence-corrected chi connectivity index (χ2v) is 13.5. The van der Waals surface area contributed by atoms with Gasteiger partial charge in [-0.05, 0) is 91.8 Å². The number of pyridine rings is 2. The molecule has 240 valence electrons. The van der Waals surface area contributed by atoms with E-state index in [9.17, 15) is 0 Å². The first-order chi connectivity index (χ1) is 24.8. The average Bonchev–Trinajstić information content (AvgIpc) is 3.47. The number of para-hydroxylation sites is 2. The molecule has 4 nitrogen and oxygen atoms in total. The Hall–Kier alpha value is -6.00. The van der Waals surface area contributed by atoms with Crippen molar-refractivity contribution in [2.45, 2.75) is 38.0 Å². The van der Waals surface area contributed by atoms with Crippen LogP contribution < -0.4 is 4.90 Å². The SMILES string of the molecule is C1=CCC(c2ccc(-c3ccc4nc(N5C6=C(CCC=C6)c6c(n(-c7ccccc7)c7ccccc67)C6=C5CCC=C6)ccc4n3)cc2)C=C1. The highest BCUT2D eigenvalue weighted by atomic mass is 15.2. The van der Waals surface area contributed by atoms with Gasteiger partial charge in [0.15, 0.2) is 0 Å². The molecule has 4 heteroatoms. The summed E-state index contributed by atoms with van der Waals surface area (Å²) in [6, 6.07) is 37.2. The molecule has 6 aromatic rings. The maximum absolute atomic E-state index is 5.34. The molecule has 0 saturated heterocycles. The lowest BCUT2D eigenvalue weighted by atomic mass is 9.91. The summed E-state index contributed by atoms with van der Waals surface area (Å²) in [5.74, 6) is 1.38. The summed E-state index contributed by atoms with van der Waals surface area (Å²) in [4.78, 5) is 12.9. The first-order valence-electron chi connectivity index (χ1n) is 17.8. The summed E-state index contributed by atoms with van der Waals surface area (Å²) >= 11 is 0. The van der Waals surface area contributed by atoms with Gasteiger partial charge in [0, 0.05) is 39.4 Å². The maximum Gasteiger partial charge on any atom is 0.138 e. The van der Waals surface area contributed by atoms with Crippen molar-refractivity contribution in [1.29, 1.82) is 0 Å². The second kappa shape index (κ2) is 11.9. The summed E-state index contributed by atoms with van der Waals surface area (Å²) in [6.07, 6.45) is 23.1. The summed E-state index contributed by atoms with van der Waals surface area (Å²) in [7, 11) is 0. The van der Waals surface area contributed by atoms with E-state index in [1.165, 1.54) is 56.0 Å². The van der Waals surface area contributed by atoms with Crippen LogP contribution in [0.2, 0.25) is 0 Å². The number of nitrogens with zero attached hydrogens (tertiary/aromatic N) is 4. The van der Waals surface area contributed by atoms with Crippen molar-refractivity contribution in [1.82, 2.24) is 14.5 Å². The zero-order valence-electron chi connectivity index (χ0n) is 27.8. The van der Waals surface area contributed by atoms with E-state index in [4.69, 9.17) is 9.97 Å². The molecule has 0 fully saturated rings. The first kappa shape index (κ1) is 29.0. The second-order valence-electron chi connectivity index (χ2n) is 13.5. The monoisotopic (exact) mass is 644 g/mol. The average molecular weight is 645 g/mol. The van der Waals surface area contributed by atoms with Crippen LogP contribution in [0.5, 0.6) is 0 Å². The third kappa shape index (κ3) is 4.67. The van der Waals surface area contributed by atoms with Crippen LogP contribution in [-0.4, -0.2) is 14.5 Å². The Balaban J connectivity index is 1.12. The number of anilines is 1. The fraction of sp³-hybridized carbons (Fsp3) is 0.130. The van der Waals surface area contributed by atoms with Crippen molar-refractivity contribution in [3.8, 4) is 16.9 Å². The molecular formula is C46H36N4. The predicted molar refractivity (Wildman–Crippen MR) is 207 cm³/mol. The van der Waals surface area contributed by atoms with Gasteiger partial charge in [-0.1, -0.05) is 103 Å². The molecule has 0 radical (unpaired) electrons. The largest absolute Gasteiger partial charge is 0.309 e. The first-order valence-corrected chi connectivity index (χ1v) is 17.8. The molecule has 4 heterocycles. The molecule has 10 rings (SSSR count). The van der Waals surface area contributed by atoms with Crippen LogP contribution in [0.15, 0.2) is 163 Å². The van der Waals surface area contributed by atoms with Crippen LogP contribution >= 0.6 is 0 Å². The van der Waals surface area contributed by atoms with Crippen molar-refractivity contribution in [3.63, 3.8) is 0 Å². The molecule has 3 aliphatic carbocycles. The Bertz CT molecular complexity index is 2500. The highest BCUT2D eigenvalue weighted by Gasteiger charge is 2.34. The molecule has 1 atom stereocenters. The van der Waals surface area contributed by atoms with Gasteiger partial charge in [0.2, 0.25) is 0 Å². The van der Waals surface area contributed by atoms with Crippen molar-refractivity contribution in [2.24, 2.45) is 0 Å². The van der Waals surface area contributed by atoms with E-state index in [1.54, 1.807) is 0 Å². The molecule has 50 heavy (non-hydrogen) atoms. The van der Waals surface area contributed by atoms with E-state index < -0.39 is 0 Å². The van der Waals surface area contributed by atoms with Crippen LogP contribution in [-0.2, 0) is 0 Å². The smallest absolute Gasteiger partial charge is 0.138 e. The van der Waals surface area contributed by atoms with E-state index >= 15 is 0 Å². The lowest BCUT2D eigenvalue weighted by molar-refractivity contribution is 0.854. The van der Waals surface area contributed by atoms with Crippen molar-refractivity contribution in [2.75, 3.05) is 4.90 Å². The minimum absolute atomic E-state index is 0.442. The van der Waals surface area contributed by atoms with Gasteiger partial charge < -0.3 is 4.57 Å². The van der Waals surface area contributed by atoms with Gasteiger partial charge in [0.05, 0.1) is 33.6 Å². The Morgan fingerprint density at radius 1 is 0.660 bits per heavy atom. The Morgan fingerprint density at radius 3 is 2.34 bits per heavy atom. The molecule has 0 amide bonds. The minimum Gasteiger partial charge on any atom is -0.309 e. The van der Waals surface area contributed by atoms with Gasteiger partial charge in [0.25, 0.3) is 0 Å². The van der Waals surface area contributed by atoms with Crippen molar-refractivity contribution in [3.05, 3.63) is 180 Å². The van der Waals surface area contributed by atoms with Crippen LogP contribution in [0, 0.1) is 0 Å². The Morgan fingerprint density at radius 2 is 1.46 bits per heavy atom. The van der Waals surface area contributed by atoms with Gasteiger partial charge in [-0.2, -0.15) is 0 Å². The van der Waals surface area contributed by atoms with Gasteiger partial charge in [0.1, 0.15) is 5.82 Å². The summed E-state index contributed by atoms with van der Waals surface area (Å²) < 4.78 is 2.48. The van der Waals surface area contributed by atoms with E-state index in [2.05, 4.69) is 161 Å². The van der Waals surface area contributed by atoms with E-state index in [0.29, 0.717) is 5.92 Å². The van der Waals surface area contributed by atoms with Gasteiger partial charge in [-0.15, -0.1) is 0 Å². The lowest BCUT2D eigenvalue weighted by Crippen LogP contribution is -2.24. The highest BCUT2D eigenvalue weighted by molar-refractivity contribution is 6.05. The fourth-order valence-electron chi connectivity index (χ4n) is 8.28. The Kier molecular flexibility index (Phi) is 6.87. The standard InChI is InChI=1S/C46H36N4/c1-3-13-31(14-4-1)32-23-25-33(26-24-32)38-27-28-40-39(47-38)29-30-44(48-40)50-42-21-11-8-18-36(42)45-35-17-7-10-20-41(35)49(34-15-5-2-6-16-34)46(45)37-19-9-12-22-43(37)50/h1-7,9-11,13,15-17,19-21,23-31H,8,12,14,18,22H2. The normalized spacial score (nSPS) is 18.1. The summed E-state index contributed by atoms with van der Waals surface area (Å²) in [6.45, 7) is 0. The number of allylic oxidation sites excluding steroid dienone is 11. The van der Waals surface area contributed by atoms with Crippen LogP contribution in [0.3, 0.4) is 0 Å². The maximum atomic E-state index is 5.34. The summed E-state index contributed by atoms with van der Waals surface area (Å²) in [5, 5.41) is 1.30. The van der Waals surface area contributed by atoms with Gasteiger partial charge >= 0.3 is 0 Å². The number of benzene rings is 3. The molecule has 1 aliphatic heterocycles. The third-order valence-electron chi connectivity index (χ3n) is 10.6. The molecule has 0 bridgehead atoms. The molecule has 0 N–H and O–H groups in total. The molecule has 0 saturated carbocycles. The number of hydrogen-bond donors (Lipinski definition) is 0.